The molecule has 1 heterocycles. The fourth-order valence-corrected chi connectivity index (χ4v) is 2.21. The summed E-state index contributed by atoms with van der Waals surface area (Å²) in [6.45, 7) is 7.17. The first-order chi connectivity index (χ1) is 11.2. The maximum atomic E-state index is 11.9. The van der Waals surface area contributed by atoms with E-state index >= 15 is 0 Å². The van der Waals surface area contributed by atoms with Crippen molar-refractivity contribution in [3.05, 3.63) is 34.8 Å². The van der Waals surface area contributed by atoms with Gasteiger partial charge in [0.15, 0.2) is 11.7 Å². The summed E-state index contributed by atoms with van der Waals surface area (Å²) in [5, 5.41) is 2.74. The molecule has 1 atom stereocenters. The van der Waals surface area contributed by atoms with E-state index in [1.807, 2.05) is 20.8 Å². The second-order valence-electron chi connectivity index (χ2n) is 6.61. The number of para-hydroxylation sites is 2. The highest BCUT2D eigenvalue weighted by Gasteiger charge is 2.22. The van der Waals surface area contributed by atoms with Crippen LogP contribution in [0.3, 0.4) is 0 Å². The molecule has 0 bridgehead atoms. The van der Waals surface area contributed by atoms with E-state index in [-0.39, 0.29) is 18.9 Å². The van der Waals surface area contributed by atoms with E-state index in [9.17, 15) is 14.4 Å². The summed E-state index contributed by atoms with van der Waals surface area (Å²) >= 11 is 0. The number of esters is 1. The molecular formula is C17H22N2O5. The van der Waals surface area contributed by atoms with Crippen LogP contribution in [0.2, 0.25) is 0 Å². The van der Waals surface area contributed by atoms with Crippen LogP contribution in [-0.2, 0) is 20.9 Å². The van der Waals surface area contributed by atoms with Crippen molar-refractivity contribution < 1.29 is 18.7 Å². The first-order valence-electron chi connectivity index (χ1n) is 7.77. The minimum Gasteiger partial charge on any atom is -0.452 e. The number of hydrogen-bond acceptors (Lipinski definition) is 5. The Labute approximate surface area is 139 Å². The fraction of sp³-hybridized carbons (Fsp3) is 0.471. The Bertz CT molecular complexity index is 797. The van der Waals surface area contributed by atoms with Gasteiger partial charge in [0.25, 0.3) is 5.91 Å². The third-order valence-corrected chi connectivity index (χ3v) is 3.29. The van der Waals surface area contributed by atoms with Crippen LogP contribution in [0, 0.1) is 0 Å². The van der Waals surface area contributed by atoms with Crippen LogP contribution in [0.4, 0.5) is 0 Å². The van der Waals surface area contributed by atoms with E-state index in [1.165, 1.54) is 11.5 Å². The zero-order chi connectivity index (χ0) is 17.9. The first-order valence-corrected chi connectivity index (χ1v) is 7.77. The van der Waals surface area contributed by atoms with Gasteiger partial charge in [-0.1, -0.05) is 12.1 Å². The Morgan fingerprint density at radius 2 is 1.96 bits per heavy atom. The predicted octanol–water partition coefficient (Wildman–Crippen LogP) is 1.83. The smallest absolute Gasteiger partial charge is 0.419 e. The molecule has 7 nitrogen and oxygen atoms in total. The summed E-state index contributed by atoms with van der Waals surface area (Å²) in [5.74, 6) is -1.44. The number of carbonyl (C=O) groups is 2. The summed E-state index contributed by atoms with van der Waals surface area (Å²) in [7, 11) is 0. The lowest BCUT2D eigenvalue weighted by Crippen LogP contribution is -2.46. The molecule has 2 rings (SSSR count). The van der Waals surface area contributed by atoms with Crippen molar-refractivity contribution in [2.24, 2.45) is 0 Å². The second kappa shape index (κ2) is 6.90. The zero-order valence-electron chi connectivity index (χ0n) is 14.3. The molecule has 0 saturated carbocycles. The number of carbonyl (C=O) groups excluding carboxylic acids is 2. The Kier molecular flexibility index (Phi) is 5.11. The molecule has 0 spiro atoms. The Morgan fingerprint density at radius 1 is 1.29 bits per heavy atom. The number of aromatic nitrogens is 1. The van der Waals surface area contributed by atoms with Gasteiger partial charge in [-0.2, -0.15) is 0 Å². The number of nitrogens with zero attached hydrogens (tertiary/aromatic N) is 1. The van der Waals surface area contributed by atoms with Crippen molar-refractivity contribution in [3.63, 3.8) is 0 Å². The molecule has 0 saturated heterocycles. The van der Waals surface area contributed by atoms with Crippen molar-refractivity contribution in [1.29, 1.82) is 0 Å². The molecule has 1 aromatic heterocycles. The lowest BCUT2D eigenvalue weighted by atomic mass is 10.1. The minimum absolute atomic E-state index is 0.0312. The highest BCUT2D eigenvalue weighted by molar-refractivity contribution is 5.83. The molecule has 24 heavy (non-hydrogen) atoms. The highest BCUT2D eigenvalue weighted by Crippen LogP contribution is 2.12. The Morgan fingerprint density at radius 3 is 2.62 bits per heavy atom. The van der Waals surface area contributed by atoms with Crippen LogP contribution >= 0.6 is 0 Å². The average molecular weight is 334 g/mol. The SMILES string of the molecule is C[C@H](OC(=O)CCn1c(=O)oc2ccccc21)C(=O)NC(C)(C)C. The van der Waals surface area contributed by atoms with Crippen LogP contribution in [0.15, 0.2) is 33.5 Å². The maximum absolute atomic E-state index is 11.9. The van der Waals surface area contributed by atoms with Crippen LogP contribution in [-0.4, -0.2) is 28.1 Å². The number of amides is 1. The van der Waals surface area contributed by atoms with Crippen molar-refractivity contribution in [2.75, 3.05) is 0 Å². The van der Waals surface area contributed by atoms with E-state index < -0.39 is 23.4 Å². The van der Waals surface area contributed by atoms with Crippen molar-refractivity contribution in [3.8, 4) is 0 Å². The molecule has 0 aliphatic rings. The van der Waals surface area contributed by atoms with Crippen molar-refractivity contribution >= 4 is 23.0 Å². The lowest BCUT2D eigenvalue weighted by Gasteiger charge is -2.23. The summed E-state index contributed by atoms with van der Waals surface area (Å²) in [6.07, 6.45) is -0.925. The second-order valence-corrected chi connectivity index (χ2v) is 6.61. The molecule has 1 amide bonds. The largest absolute Gasteiger partial charge is 0.452 e. The van der Waals surface area contributed by atoms with Gasteiger partial charge in [0.2, 0.25) is 0 Å². The molecule has 7 heteroatoms. The standard InChI is InChI=1S/C17H22N2O5/c1-11(15(21)18-17(2,3)4)23-14(20)9-10-19-12-7-5-6-8-13(12)24-16(19)22/h5-8,11H,9-10H2,1-4H3,(H,18,21)/t11-/m0/s1. The van der Waals surface area contributed by atoms with Gasteiger partial charge in [-0.05, 0) is 39.8 Å². The highest BCUT2D eigenvalue weighted by atomic mass is 16.5. The van der Waals surface area contributed by atoms with E-state index in [1.54, 1.807) is 24.3 Å². The number of rotatable bonds is 5. The number of benzene rings is 1. The van der Waals surface area contributed by atoms with Gasteiger partial charge in [0.1, 0.15) is 0 Å². The van der Waals surface area contributed by atoms with Crippen molar-refractivity contribution in [2.45, 2.75) is 52.3 Å². The Balaban J connectivity index is 1.94. The van der Waals surface area contributed by atoms with Crippen LogP contribution in [0.1, 0.15) is 34.1 Å². The topological polar surface area (TPSA) is 90.5 Å². The van der Waals surface area contributed by atoms with Gasteiger partial charge in [-0.15, -0.1) is 0 Å². The van der Waals surface area contributed by atoms with Gasteiger partial charge < -0.3 is 14.5 Å². The van der Waals surface area contributed by atoms with E-state index in [0.29, 0.717) is 11.1 Å². The van der Waals surface area contributed by atoms with Gasteiger partial charge in [0.05, 0.1) is 11.9 Å². The number of fused-ring (bicyclic) bond motifs is 1. The molecule has 0 radical (unpaired) electrons. The fourth-order valence-electron chi connectivity index (χ4n) is 2.21. The summed E-state index contributed by atoms with van der Waals surface area (Å²) in [5.41, 5.74) is 0.684. The van der Waals surface area contributed by atoms with E-state index in [4.69, 9.17) is 9.15 Å². The predicted molar refractivity (Wildman–Crippen MR) is 88.5 cm³/mol. The first kappa shape index (κ1) is 17.8. The normalized spacial score (nSPS) is 12.8. The number of ether oxygens (including phenoxy) is 1. The third kappa shape index (κ3) is 4.47. The number of aryl methyl sites for hydroxylation is 1. The molecule has 2 aromatic rings. The Hall–Kier alpha value is -2.57. The average Bonchev–Trinajstić information content (AvgIpc) is 2.78. The van der Waals surface area contributed by atoms with Crippen LogP contribution < -0.4 is 11.1 Å². The molecule has 0 unspecified atom stereocenters. The molecule has 1 N–H and O–H groups in total. The number of nitrogens with one attached hydrogen (secondary N) is 1. The molecular weight excluding hydrogens is 312 g/mol. The molecule has 1 aromatic carbocycles. The van der Waals surface area contributed by atoms with Gasteiger partial charge in [-0.3, -0.25) is 14.2 Å². The van der Waals surface area contributed by atoms with Gasteiger partial charge in [0, 0.05) is 12.1 Å². The van der Waals surface area contributed by atoms with Crippen LogP contribution in [0.5, 0.6) is 0 Å². The summed E-state index contributed by atoms with van der Waals surface area (Å²) in [6, 6.07) is 6.97. The molecule has 0 fully saturated rings. The zero-order valence-corrected chi connectivity index (χ0v) is 14.3. The third-order valence-electron chi connectivity index (χ3n) is 3.29. The minimum atomic E-state index is -0.894. The maximum Gasteiger partial charge on any atom is 0.419 e. The van der Waals surface area contributed by atoms with Crippen molar-refractivity contribution in [1.82, 2.24) is 9.88 Å². The molecule has 0 aliphatic heterocycles. The number of hydrogen-bond donors (Lipinski definition) is 1. The van der Waals surface area contributed by atoms with Gasteiger partial charge in [-0.25, -0.2) is 4.79 Å². The monoisotopic (exact) mass is 334 g/mol. The van der Waals surface area contributed by atoms with E-state index in [2.05, 4.69) is 5.32 Å². The molecule has 0 aliphatic carbocycles. The van der Waals surface area contributed by atoms with Crippen LogP contribution in [0.25, 0.3) is 11.1 Å². The molecule has 130 valence electrons. The lowest BCUT2D eigenvalue weighted by molar-refractivity contribution is -0.155. The van der Waals surface area contributed by atoms with E-state index in [0.717, 1.165) is 0 Å². The summed E-state index contributed by atoms with van der Waals surface area (Å²) < 4.78 is 11.6. The summed E-state index contributed by atoms with van der Waals surface area (Å²) in [4.78, 5) is 35.6. The quantitative estimate of drug-likeness (QED) is 0.843. The number of oxazole rings is 1. The van der Waals surface area contributed by atoms with Gasteiger partial charge >= 0.3 is 11.7 Å².